The second kappa shape index (κ2) is 7.89. The first-order chi connectivity index (χ1) is 13.6. The molecular weight excluding hydrogens is 359 g/mol. The second-order valence-corrected chi connectivity index (χ2v) is 7.74. The minimum absolute atomic E-state index is 0.0708. The van der Waals surface area contributed by atoms with Crippen LogP contribution in [0.5, 0.6) is 5.75 Å². The Balaban J connectivity index is 1.48. The van der Waals surface area contributed by atoms with Crippen molar-refractivity contribution in [2.24, 2.45) is 5.41 Å². The predicted molar refractivity (Wildman–Crippen MR) is 105 cm³/mol. The summed E-state index contributed by atoms with van der Waals surface area (Å²) in [6.45, 7) is 4.25. The molecule has 2 aliphatic heterocycles. The van der Waals surface area contributed by atoms with Gasteiger partial charge in [0.05, 0.1) is 20.3 Å². The van der Waals surface area contributed by atoms with Crippen LogP contribution in [0.4, 0.5) is 10.1 Å². The Morgan fingerprint density at radius 1 is 1.11 bits per heavy atom. The molecule has 2 aliphatic rings. The maximum Gasteiger partial charge on any atom is 0.227 e. The molecule has 6 heteroatoms. The molecule has 2 aromatic carbocycles. The first kappa shape index (κ1) is 18.9. The second-order valence-electron chi connectivity index (χ2n) is 7.74. The van der Waals surface area contributed by atoms with E-state index in [2.05, 4.69) is 17.0 Å². The van der Waals surface area contributed by atoms with Gasteiger partial charge in [-0.25, -0.2) is 4.39 Å². The number of benzene rings is 2. The summed E-state index contributed by atoms with van der Waals surface area (Å²) in [6.07, 6.45) is 0.448. The number of amides is 1. The number of methoxy groups -OCH3 is 1. The maximum atomic E-state index is 13.2. The van der Waals surface area contributed by atoms with Gasteiger partial charge in [0.2, 0.25) is 5.91 Å². The van der Waals surface area contributed by atoms with E-state index >= 15 is 0 Å². The van der Waals surface area contributed by atoms with Crippen molar-refractivity contribution in [1.29, 1.82) is 0 Å². The fraction of sp³-hybridized carbons (Fsp3) is 0.409. The lowest BCUT2D eigenvalue weighted by atomic mass is 9.87. The third-order valence-corrected chi connectivity index (χ3v) is 5.54. The molecule has 0 N–H and O–H groups in total. The van der Waals surface area contributed by atoms with Crippen molar-refractivity contribution in [2.45, 2.75) is 13.0 Å². The van der Waals surface area contributed by atoms with E-state index in [9.17, 15) is 9.18 Å². The van der Waals surface area contributed by atoms with Crippen LogP contribution in [0.3, 0.4) is 0 Å². The average Bonchev–Trinajstić information content (AvgIpc) is 2.89. The number of carbonyl (C=O) groups is 1. The molecule has 5 nitrogen and oxygen atoms in total. The average molecular weight is 384 g/mol. The number of nitrogens with zero attached hydrogens (tertiary/aromatic N) is 2. The van der Waals surface area contributed by atoms with Gasteiger partial charge in [0.25, 0.3) is 0 Å². The number of anilines is 1. The summed E-state index contributed by atoms with van der Waals surface area (Å²) in [5.74, 6) is 0.617. The van der Waals surface area contributed by atoms with E-state index < -0.39 is 0 Å². The Labute approximate surface area is 164 Å². The van der Waals surface area contributed by atoms with E-state index in [0.717, 1.165) is 31.1 Å². The Hall–Kier alpha value is -2.44. The number of halogens is 1. The van der Waals surface area contributed by atoms with Gasteiger partial charge in [-0.05, 0) is 42.0 Å². The van der Waals surface area contributed by atoms with Crippen LogP contribution in [-0.4, -0.2) is 50.8 Å². The van der Waals surface area contributed by atoms with Crippen molar-refractivity contribution < 1.29 is 18.7 Å². The van der Waals surface area contributed by atoms with Crippen LogP contribution in [0.25, 0.3) is 0 Å². The van der Waals surface area contributed by atoms with Crippen molar-refractivity contribution in [3.05, 3.63) is 59.9 Å². The normalized spacial score (nSPS) is 23.2. The molecule has 2 heterocycles. The van der Waals surface area contributed by atoms with E-state index in [4.69, 9.17) is 9.47 Å². The molecule has 0 saturated carbocycles. The van der Waals surface area contributed by atoms with Gasteiger partial charge in [0, 0.05) is 43.7 Å². The highest BCUT2D eigenvalue weighted by atomic mass is 19.1. The van der Waals surface area contributed by atoms with Gasteiger partial charge in [-0.2, -0.15) is 0 Å². The summed E-state index contributed by atoms with van der Waals surface area (Å²) in [6, 6.07) is 14.2. The predicted octanol–water partition coefficient (Wildman–Crippen LogP) is 3.09. The smallest absolute Gasteiger partial charge is 0.227 e. The number of hydrogen-bond acceptors (Lipinski definition) is 4. The maximum absolute atomic E-state index is 13.2. The van der Waals surface area contributed by atoms with Crippen LogP contribution in [-0.2, 0) is 16.1 Å². The van der Waals surface area contributed by atoms with E-state index in [1.807, 2.05) is 12.1 Å². The third-order valence-electron chi connectivity index (χ3n) is 5.54. The van der Waals surface area contributed by atoms with E-state index in [1.54, 1.807) is 24.1 Å². The van der Waals surface area contributed by atoms with Crippen LogP contribution in [0.2, 0.25) is 0 Å². The minimum atomic E-state index is -0.298. The quantitative estimate of drug-likeness (QED) is 0.813. The summed E-state index contributed by atoms with van der Waals surface area (Å²) in [7, 11) is 1.66. The van der Waals surface area contributed by atoms with Crippen LogP contribution in [0.15, 0.2) is 48.5 Å². The highest BCUT2D eigenvalue weighted by Crippen LogP contribution is 2.37. The third kappa shape index (κ3) is 4.03. The van der Waals surface area contributed by atoms with Crippen LogP contribution in [0, 0.1) is 11.2 Å². The molecule has 1 spiro atoms. The van der Waals surface area contributed by atoms with Gasteiger partial charge in [-0.15, -0.1) is 0 Å². The molecule has 2 fully saturated rings. The number of carbonyl (C=O) groups excluding carboxylic acids is 1. The highest BCUT2D eigenvalue weighted by Gasteiger charge is 2.45. The Kier molecular flexibility index (Phi) is 5.33. The lowest BCUT2D eigenvalue weighted by Gasteiger charge is -2.31. The first-order valence-corrected chi connectivity index (χ1v) is 9.56. The van der Waals surface area contributed by atoms with Crippen molar-refractivity contribution in [3.8, 4) is 5.75 Å². The Morgan fingerprint density at radius 2 is 1.86 bits per heavy atom. The van der Waals surface area contributed by atoms with Crippen LogP contribution >= 0.6 is 0 Å². The standard InChI is InChI=1S/C22H25FN2O3/c1-27-20-8-2-17(3-9-20)13-24-10-11-28-16-22(14-24)12-21(26)25(15-22)19-6-4-18(23)5-7-19/h2-9H,10-16H2,1H3. The molecule has 0 aliphatic carbocycles. The van der Waals surface area contributed by atoms with Crippen LogP contribution < -0.4 is 9.64 Å². The van der Waals surface area contributed by atoms with Crippen molar-refractivity contribution in [3.63, 3.8) is 0 Å². The number of rotatable bonds is 4. The molecule has 0 radical (unpaired) electrons. The Morgan fingerprint density at radius 3 is 2.57 bits per heavy atom. The lowest BCUT2D eigenvalue weighted by Crippen LogP contribution is -2.40. The van der Waals surface area contributed by atoms with Gasteiger partial charge in [0.1, 0.15) is 11.6 Å². The summed E-state index contributed by atoms with van der Waals surface area (Å²) in [5, 5.41) is 0. The molecular formula is C22H25FN2O3. The molecule has 148 valence electrons. The van der Waals surface area contributed by atoms with E-state index in [0.29, 0.717) is 26.2 Å². The summed E-state index contributed by atoms with van der Waals surface area (Å²) in [5.41, 5.74) is 1.71. The van der Waals surface area contributed by atoms with Crippen molar-refractivity contribution in [2.75, 3.05) is 44.9 Å². The summed E-state index contributed by atoms with van der Waals surface area (Å²) < 4.78 is 24.4. The molecule has 4 rings (SSSR count). The van der Waals surface area contributed by atoms with Crippen LogP contribution in [0.1, 0.15) is 12.0 Å². The van der Waals surface area contributed by atoms with Crippen molar-refractivity contribution >= 4 is 11.6 Å². The largest absolute Gasteiger partial charge is 0.497 e. The zero-order valence-electron chi connectivity index (χ0n) is 16.1. The molecule has 1 amide bonds. The summed E-state index contributed by atoms with van der Waals surface area (Å²) in [4.78, 5) is 16.8. The molecule has 2 saturated heterocycles. The van der Waals surface area contributed by atoms with Gasteiger partial charge in [-0.3, -0.25) is 9.69 Å². The molecule has 2 aromatic rings. The van der Waals surface area contributed by atoms with Gasteiger partial charge < -0.3 is 14.4 Å². The molecule has 1 atom stereocenters. The first-order valence-electron chi connectivity index (χ1n) is 9.56. The van der Waals surface area contributed by atoms with E-state index in [-0.39, 0.29) is 17.1 Å². The summed E-state index contributed by atoms with van der Waals surface area (Å²) >= 11 is 0. The fourth-order valence-electron chi connectivity index (χ4n) is 4.16. The number of hydrogen-bond donors (Lipinski definition) is 0. The van der Waals surface area contributed by atoms with Crippen molar-refractivity contribution in [1.82, 2.24) is 4.90 Å². The number of ether oxygens (including phenoxy) is 2. The SMILES string of the molecule is COc1ccc(CN2CCOCC3(CC(=O)N(c4ccc(F)cc4)C3)C2)cc1. The minimum Gasteiger partial charge on any atom is -0.497 e. The van der Waals surface area contributed by atoms with Gasteiger partial charge in [-0.1, -0.05) is 12.1 Å². The van der Waals surface area contributed by atoms with Gasteiger partial charge in [0.15, 0.2) is 0 Å². The molecule has 28 heavy (non-hydrogen) atoms. The van der Waals surface area contributed by atoms with Gasteiger partial charge >= 0.3 is 0 Å². The zero-order valence-corrected chi connectivity index (χ0v) is 16.1. The highest BCUT2D eigenvalue weighted by molar-refractivity contribution is 5.96. The molecule has 1 unspecified atom stereocenters. The lowest BCUT2D eigenvalue weighted by molar-refractivity contribution is -0.118. The fourth-order valence-corrected chi connectivity index (χ4v) is 4.16. The molecule has 0 bridgehead atoms. The topological polar surface area (TPSA) is 42.0 Å². The molecule has 0 aromatic heterocycles. The Bertz CT molecular complexity index is 825. The van der Waals surface area contributed by atoms with E-state index in [1.165, 1.54) is 17.7 Å². The zero-order chi connectivity index (χ0) is 19.6. The monoisotopic (exact) mass is 384 g/mol.